The Labute approximate surface area is 258 Å². The van der Waals surface area contributed by atoms with Gasteiger partial charge in [0.05, 0.1) is 24.1 Å². The van der Waals surface area contributed by atoms with Gasteiger partial charge in [-0.2, -0.15) is 10.2 Å². The Balaban J connectivity index is 0.00000188. The number of aliphatic hydroxyl groups excluding tert-OH is 1. The smallest absolute Gasteiger partial charge is 0.236 e. The van der Waals surface area contributed by atoms with Crippen LogP contribution in [0.1, 0.15) is 55.1 Å². The fraction of sp³-hybridized carbons (Fsp3) is 0.485. The molecule has 1 unspecified atom stereocenters. The first-order valence-electron chi connectivity index (χ1n) is 15.2. The number of hydrogen-bond donors (Lipinski definition) is 2. The third kappa shape index (κ3) is 6.82. The molecule has 0 saturated heterocycles. The van der Waals surface area contributed by atoms with Crippen molar-refractivity contribution in [3.8, 4) is 35.2 Å². The molecule has 44 heavy (non-hydrogen) atoms. The van der Waals surface area contributed by atoms with Crippen molar-refractivity contribution in [2.24, 2.45) is 0 Å². The van der Waals surface area contributed by atoms with Gasteiger partial charge in [0.1, 0.15) is 12.4 Å². The molecule has 10 nitrogen and oxygen atoms in total. The van der Waals surface area contributed by atoms with E-state index in [4.69, 9.17) is 26.1 Å². The molecule has 1 aliphatic heterocycles. The van der Waals surface area contributed by atoms with E-state index in [1.165, 1.54) is 31.7 Å². The first kappa shape index (κ1) is 31.3. The number of fused-ring (bicyclic) bond motifs is 2. The van der Waals surface area contributed by atoms with E-state index in [1.54, 1.807) is 4.52 Å². The van der Waals surface area contributed by atoms with Crippen molar-refractivity contribution >= 4 is 5.52 Å². The second-order valence-corrected chi connectivity index (χ2v) is 11.4. The molecule has 1 atom stereocenters. The van der Waals surface area contributed by atoms with Gasteiger partial charge >= 0.3 is 0 Å². The van der Waals surface area contributed by atoms with Gasteiger partial charge in [-0.15, -0.1) is 0 Å². The van der Waals surface area contributed by atoms with E-state index < -0.39 is 6.36 Å². The molecule has 0 aromatic carbocycles. The molecule has 1 fully saturated rings. The average Bonchev–Trinajstić information content (AvgIpc) is 3.49. The van der Waals surface area contributed by atoms with E-state index in [2.05, 4.69) is 37.9 Å². The van der Waals surface area contributed by atoms with Gasteiger partial charge in [0.15, 0.2) is 11.3 Å². The Kier molecular flexibility index (Phi) is 10.0. The molecule has 0 radical (unpaired) electrons. The van der Waals surface area contributed by atoms with Crippen molar-refractivity contribution in [3.63, 3.8) is 0 Å². The minimum atomic E-state index is -1.48. The lowest BCUT2D eigenvalue weighted by atomic mass is 9.90. The SMILES string of the molecule is C#CNC1CCC(N2CCc3c(C)c(-c4cc(OCc5ccc(C)cn5)c5c(OC(C)F)cnn5c4)nn3CC2)CC1.CO. The first-order chi connectivity index (χ1) is 21.4. The van der Waals surface area contributed by atoms with Crippen molar-refractivity contribution in [3.05, 3.63) is 59.3 Å². The molecular weight excluding hydrogens is 561 g/mol. The molecule has 1 aliphatic carbocycles. The van der Waals surface area contributed by atoms with Crippen LogP contribution < -0.4 is 14.8 Å². The highest BCUT2D eigenvalue weighted by molar-refractivity contribution is 5.75. The van der Waals surface area contributed by atoms with Gasteiger partial charge in [-0.1, -0.05) is 12.5 Å². The van der Waals surface area contributed by atoms with Crippen LogP contribution in [0.2, 0.25) is 0 Å². The summed E-state index contributed by atoms with van der Waals surface area (Å²) in [4.78, 5) is 7.09. The van der Waals surface area contributed by atoms with Crippen LogP contribution in [0.25, 0.3) is 16.8 Å². The number of terminal acetylenes is 1. The summed E-state index contributed by atoms with van der Waals surface area (Å²) in [5.41, 5.74) is 6.64. The lowest BCUT2D eigenvalue weighted by Gasteiger charge is -2.36. The topological polar surface area (TPSA) is 102 Å². The number of halogens is 1. The molecule has 5 heterocycles. The molecule has 0 amide bonds. The predicted molar refractivity (Wildman–Crippen MR) is 167 cm³/mol. The van der Waals surface area contributed by atoms with E-state index in [0.717, 1.165) is 74.1 Å². The average molecular weight is 604 g/mol. The lowest BCUT2D eigenvalue weighted by molar-refractivity contribution is 0.0874. The fourth-order valence-electron chi connectivity index (χ4n) is 6.31. The van der Waals surface area contributed by atoms with Gasteiger partial charge in [-0.05, 0) is 62.8 Å². The molecule has 4 aromatic heterocycles. The summed E-state index contributed by atoms with van der Waals surface area (Å²) in [6, 6.07) is 9.52. The molecule has 2 aliphatic rings. The number of aryl methyl sites for hydroxylation is 1. The molecule has 6 rings (SSSR count). The van der Waals surface area contributed by atoms with Crippen LogP contribution in [-0.2, 0) is 19.6 Å². The van der Waals surface area contributed by atoms with Gasteiger partial charge in [-0.25, -0.2) is 8.91 Å². The molecule has 0 bridgehead atoms. The third-order valence-electron chi connectivity index (χ3n) is 8.51. The summed E-state index contributed by atoms with van der Waals surface area (Å²) in [6.45, 7) is 8.58. The quantitative estimate of drug-likeness (QED) is 0.225. The predicted octanol–water partition coefficient (Wildman–Crippen LogP) is 4.44. The van der Waals surface area contributed by atoms with Crippen molar-refractivity contribution in [2.45, 2.75) is 84.5 Å². The molecule has 4 aromatic rings. The highest BCUT2D eigenvalue weighted by Crippen LogP contribution is 2.36. The third-order valence-corrected chi connectivity index (χ3v) is 8.51. The summed E-state index contributed by atoms with van der Waals surface area (Å²) in [5, 5.41) is 19.7. The molecule has 0 spiro atoms. The van der Waals surface area contributed by atoms with Crippen LogP contribution in [0.4, 0.5) is 4.39 Å². The number of alkyl halides is 1. The van der Waals surface area contributed by atoms with Gasteiger partial charge in [-0.3, -0.25) is 14.6 Å². The van der Waals surface area contributed by atoms with E-state index >= 15 is 0 Å². The van der Waals surface area contributed by atoms with Gasteiger partial charge in [0.2, 0.25) is 6.36 Å². The highest BCUT2D eigenvalue weighted by atomic mass is 19.1. The van der Waals surface area contributed by atoms with Gasteiger partial charge in [0.25, 0.3) is 0 Å². The number of nitrogens with one attached hydrogen (secondary N) is 1. The largest absolute Gasteiger partial charge is 0.485 e. The molecule has 1 saturated carbocycles. The second-order valence-electron chi connectivity index (χ2n) is 11.4. The first-order valence-corrected chi connectivity index (χ1v) is 15.2. The minimum absolute atomic E-state index is 0.254. The summed E-state index contributed by atoms with van der Waals surface area (Å²) >= 11 is 0. The number of hydrogen-bond acceptors (Lipinski definition) is 8. The highest BCUT2D eigenvalue weighted by Gasteiger charge is 2.29. The standard InChI is InChI=1S/C32H38FN7O2.CH4O/c1-5-34-25-8-10-27(11-9-25)38-13-12-28-22(3)31(37-39(28)15-14-38)24-16-29(41-20-26-7-6-21(2)17-35-26)32-30(42-23(4)33)18-36-40(32)19-24;1-2/h1,6-7,16-19,23,25,27,34H,8-15,20H2,2-4H3;2H,1H3. The summed E-state index contributed by atoms with van der Waals surface area (Å²) in [7, 11) is 1.00. The molecule has 2 N–H and O–H groups in total. The van der Waals surface area contributed by atoms with E-state index in [-0.39, 0.29) is 6.61 Å². The van der Waals surface area contributed by atoms with Gasteiger partial charge < -0.3 is 19.9 Å². The maximum absolute atomic E-state index is 13.8. The number of aliphatic hydroxyl groups is 1. The Morgan fingerprint density at radius 2 is 1.91 bits per heavy atom. The zero-order valence-electron chi connectivity index (χ0n) is 26.0. The van der Waals surface area contributed by atoms with Crippen LogP contribution in [0.3, 0.4) is 0 Å². The maximum atomic E-state index is 13.8. The normalized spacial score (nSPS) is 19.2. The number of aromatic nitrogens is 5. The molecule has 11 heteroatoms. The van der Waals surface area contributed by atoms with E-state index in [1.807, 2.05) is 37.5 Å². The fourth-order valence-corrected chi connectivity index (χ4v) is 6.31. The zero-order chi connectivity index (χ0) is 31.2. The van der Waals surface area contributed by atoms with Crippen molar-refractivity contribution < 1.29 is 19.0 Å². The van der Waals surface area contributed by atoms with Gasteiger partial charge in [0, 0.05) is 75.3 Å². The van der Waals surface area contributed by atoms with Crippen LogP contribution in [0.5, 0.6) is 11.5 Å². The number of pyridine rings is 2. The second kappa shape index (κ2) is 14.1. The van der Waals surface area contributed by atoms with Crippen LogP contribution in [-0.4, -0.2) is 73.0 Å². The van der Waals surface area contributed by atoms with Crippen molar-refractivity contribution in [1.82, 2.24) is 34.6 Å². The number of rotatable bonds is 8. The molecular formula is C33H42FN7O3. The number of ether oxygens (including phenoxy) is 2. The molecule has 234 valence electrons. The maximum Gasteiger partial charge on any atom is 0.236 e. The Morgan fingerprint density at radius 1 is 1.11 bits per heavy atom. The Hall–Kier alpha value is -4.14. The summed E-state index contributed by atoms with van der Waals surface area (Å²) < 4.78 is 29.4. The monoisotopic (exact) mass is 603 g/mol. The number of nitrogens with zero attached hydrogens (tertiary/aromatic N) is 6. The van der Waals surface area contributed by atoms with Crippen LogP contribution in [0, 0.1) is 26.3 Å². The zero-order valence-corrected chi connectivity index (χ0v) is 26.0. The van der Waals surface area contributed by atoms with Crippen LogP contribution in [0.15, 0.2) is 36.8 Å². The Bertz CT molecular complexity index is 1580. The van der Waals surface area contributed by atoms with Crippen molar-refractivity contribution in [2.75, 3.05) is 20.2 Å². The Morgan fingerprint density at radius 3 is 2.61 bits per heavy atom. The van der Waals surface area contributed by atoms with Crippen molar-refractivity contribution in [1.29, 1.82) is 0 Å². The van der Waals surface area contributed by atoms with E-state index in [0.29, 0.717) is 29.1 Å². The lowest BCUT2D eigenvalue weighted by Crippen LogP contribution is -2.42. The van der Waals surface area contributed by atoms with Crippen LogP contribution >= 0.6 is 0 Å². The summed E-state index contributed by atoms with van der Waals surface area (Å²) in [6.07, 6.45) is 14.7. The minimum Gasteiger partial charge on any atom is -0.485 e. The van der Waals surface area contributed by atoms with E-state index in [9.17, 15) is 4.39 Å². The summed E-state index contributed by atoms with van der Waals surface area (Å²) in [5.74, 6) is 0.858.